The highest BCUT2D eigenvalue weighted by atomic mass is 16.5. The number of hydrogen-bond donors (Lipinski definition) is 0. The average Bonchev–Trinajstić information content (AvgIpc) is 2.22. The second-order valence-electron chi connectivity index (χ2n) is 4.61. The van der Waals surface area contributed by atoms with Crippen molar-refractivity contribution in [1.82, 2.24) is 0 Å². The van der Waals surface area contributed by atoms with E-state index in [0.717, 1.165) is 6.42 Å². The first-order valence-electron chi connectivity index (χ1n) is 5.08. The van der Waals surface area contributed by atoms with Crippen LogP contribution in [0.4, 0.5) is 0 Å². The van der Waals surface area contributed by atoms with Gasteiger partial charge in [0.15, 0.2) is 0 Å². The standard InChI is InChI=1S/C11H18O4/c1-11(2)7(6-9(12)14-3)5-8(11)10(13)15-4/h7-8H,5-6H2,1-4H3. The first kappa shape index (κ1) is 12.0. The Morgan fingerprint density at radius 2 is 1.87 bits per heavy atom. The molecule has 0 amide bonds. The van der Waals surface area contributed by atoms with Crippen LogP contribution in [0.5, 0.6) is 0 Å². The number of rotatable bonds is 3. The Morgan fingerprint density at radius 3 is 2.27 bits per heavy atom. The van der Waals surface area contributed by atoms with E-state index in [1.165, 1.54) is 14.2 Å². The molecule has 0 spiro atoms. The maximum Gasteiger partial charge on any atom is 0.309 e. The van der Waals surface area contributed by atoms with Crippen LogP contribution in [0.1, 0.15) is 26.7 Å². The Balaban J connectivity index is 2.55. The quantitative estimate of drug-likeness (QED) is 0.666. The third kappa shape index (κ3) is 2.13. The second kappa shape index (κ2) is 4.21. The molecule has 0 heterocycles. The van der Waals surface area contributed by atoms with Crippen molar-refractivity contribution in [2.24, 2.45) is 17.3 Å². The predicted molar refractivity (Wildman–Crippen MR) is 54.0 cm³/mol. The molecule has 1 aliphatic carbocycles. The van der Waals surface area contributed by atoms with Gasteiger partial charge in [0.05, 0.1) is 20.1 Å². The first-order chi connectivity index (χ1) is 6.93. The summed E-state index contributed by atoms with van der Waals surface area (Å²) in [4.78, 5) is 22.5. The van der Waals surface area contributed by atoms with Crippen molar-refractivity contribution >= 4 is 11.9 Å². The summed E-state index contributed by atoms with van der Waals surface area (Å²) in [5.41, 5.74) is -0.165. The smallest absolute Gasteiger partial charge is 0.309 e. The van der Waals surface area contributed by atoms with Crippen molar-refractivity contribution in [1.29, 1.82) is 0 Å². The first-order valence-corrected chi connectivity index (χ1v) is 5.08. The molecule has 0 saturated heterocycles. The highest BCUT2D eigenvalue weighted by Crippen LogP contribution is 2.53. The van der Waals surface area contributed by atoms with Gasteiger partial charge in [-0.05, 0) is 17.8 Å². The molecule has 1 aliphatic rings. The Morgan fingerprint density at radius 1 is 1.27 bits per heavy atom. The molecule has 0 aromatic heterocycles. The summed E-state index contributed by atoms with van der Waals surface area (Å²) >= 11 is 0. The van der Waals surface area contributed by atoms with E-state index in [0.29, 0.717) is 6.42 Å². The summed E-state index contributed by atoms with van der Waals surface area (Å²) in [5.74, 6) is -0.260. The lowest BCUT2D eigenvalue weighted by molar-refractivity contribution is -0.167. The summed E-state index contributed by atoms with van der Waals surface area (Å²) in [6.07, 6.45) is 1.10. The Labute approximate surface area is 89.9 Å². The van der Waals surface area contributed by atoms with Crippen LogP contribution >= 0.6 is 0 Å². The minimum absolute atomic E-state index is 0.0860. The van der Waals surface area contributed by atoms with Gasteiger partial charge in [-0.25, -0.2) is 0 Å². The van der Waals surface area contributed by atoms with E-state index in [1.54, 1.807) is 0 Å². The van der Waals surface area contributed by atoms with Gasteiger partial charge in [-0.15, -0.1) is 0 Å². The highest BCUT2D eigenvalue weighted by Gasteiger charge is 2.52. The number of ether oxygens (including phenoxy) is 2. The van der Waals surface area contributed by atoms with E-state index in [9.17, 15) is 9.59 Å². The third-order valence-corrected chi connectivity index (χ3v) is 3.60. The Kier molecular flexibility index (Phi) is 3.37. The lowest BCUT2D eigenvalue weighted by Gasteiger charge is -2.50. The maximum atomic E-state index is 11.4. The van der Waals surface area contributed by atoms with Gasteiger partial charge in [0.1, 0.15) is 0 Å². The van der Waals surface area contributed by atoms with Crippen LogP contribution < -0.4 is 0 Å². The molecule has 1 saturated carbocycles. The van der Waals surface area contributed by atoms with E-state index < -0.39 is 0 Å². The molecule has 2 unspecified atom stereocenters. The number of carbonyl (C=O) groups is 2. The molecule has 1 fully saturated rings. The number of hydrogen-bond acceptors (Lipinski definition) is 4. The molecule has 0 radical (unpaired) electrons. The molecule has 15 heavy (non-hydrogen) atoms. The molecule has 0 N–H and O–H groups in total. The monoisotopic (exact) mass is 214 g/mol. The van der Waals surface area contributed by atoms with Crippen LogP contribution in [0, 0.1) is 17.3 Å². The van der Waals surface area contributed by atoms with Crippen LogP contribution in [-0.4, -0.2) is 26.2 Å². The summed E-state index contributed by atoms with van der Waals surface area (Å²) in [5, 5.41) is 0. The van der Waals surface area contributed by atoms with Gasteiger partial charge in [-0.2, -0.15) is 0 Å². The molecule has 1 rings (SSSR count). The summed E-state index contributed by atoms with van der Waals surface area (Å²) in [6.45, 7) is 3.98. The number of methoxy groups -OCH3 is 2. The van der Waals surface area contributed by atoms with Gasteiger partial charge in [-0.3, -0.25) is 9.59 Å². The van der Waals surface area contributed by atoms with Gasteiger partial charge < -0.3 is 9.47 Å². The fraction of sp³-hybridized carbons (Fsp3) is 0.818. The fourth-order valence-electron chi connectivity index (χ4n) is 2.19. The van der Waals surface area contributed by atoms with Crippen LogP contribution in [0.2, 0.25) is 0 Å². The van der Waals surface area contributed by atoms with Crippen molar-refractivity contribution < 1.29 is 19.1 Å². The Bertz CT molecular complexity index is 270. The van der Waals surface area contributed by atoms with Crippen molar-refractivity contribution in [3.63, 3.8) is 0 Å². The molecule has 0 aliphatic heterocycles. The van der Waals surface area contributed by atoms with E-state index in [1.807, 2.05) is 13.8 Å². The largest absolute Gasteiger partial charge is 0.469 e. The molecule has 4 nitrogen and oxygen atoms in total. The highest BCUT2D eigenvalue weighted by molar-refractivity contribution is 5.76. The molecule has 0 aromatic rings. The van der Waals surface area contributed by atoms with E-state index in [2.05, 4.69) is 4.74 Å². The van der Waals surface area contributed by atoms with Gasteiger partial charge >= 0.3 is 11.9 Å². The number of esters is 2. The third-order valence-electron chi connectivity index (χ3n) is 3.60. The van der Waals surface area contributed by atoms with Crippen LogP contribution in [-0.2, 0) is 19.1 Å². The second-order valence-corrected chi connectivity index (χ2v) is 4.61. The molecule has 86 valence electrons. The van der Waals surface area contributed by atoms with Gasteiger partial charge in [0.2, 0.25) is 0 Å². The minimum atomic E-state index is -0.212. The van der Waals surface area contributed by atoms with E-state index >= 15 is 0 Å². The zero-order chi connectivity index (χ0) is 11.6. The molecular weight excluding hydrogens is 196 g/mol. The van der Waals surface area contributed by atoms with Crippen LogP contribution in [0.25, 0.3) is 0 Å². The van der Waals surface area contributed by atoms with Crippen molar-refractivity contribution in [3.05, 3.63) is 0 Å². The molecule has 4 heteroatoms. The van der Waals surface area contributed by atoms with Crippen LogP contribution in [0.3, 0.4) is 0 Å². The zero-order valence-corrected chi connectivity index (χ0v) is 9.70. The van der Waals surface area contributed by atoms with Gasteiger partial charge in [0.25, 0.3) is 0 Å². The zero-order valence-electron chi connectivity index (χ0n) is 9.70. The maximum absolute atomic E-state index is 11.4. The van der Waals surface area contributed by atoms with Crippen molar-refractivity contribution in [3.8, 4) is 0 Å². The summed E-state index contributed by atoms with van der Waals surface area (Å²) in [7, 11) is 2.78. The predicted octanol–water partition coefficient (Wildman–Crippen LogP) is 1.38. The lowest BCUT2D eigenvalue weighted by Crippen LogP contribution is -2.49. The number of carbonyl (C=O) groups excluding carboxylic acids is 2. The lowest BCUT2D eigenvalue weighted by atomic mass is 9.54. The summed E-state index contributed by atoms with van der Waals surface area (Å²) in [6, 6.07) is 0. The molecular formula is C11H18O4. The SMILES string of the molecule is COC(=O)CC1CC(C(=O)OC)C1(C)C. The van der Waals surface area contributed by atoms with Crippen molar-refractivity contribution in [2.45, 2.75) is 26.7 Å². The molecule has 0 aromatic carbocycles. The van der Waals surface area contributed by atoms with Crippen molar-refractivity contribution in [2.75, 3.05) is 14.2 Å². The topological polar surface area (TPSA) is 52.6 Å². The van der Waals surface area contributed by atoms with Gasteiger partial charge in [0, 0.05) is 6.42 Å². The minimum Gasteiger partial charge on any atom is -0.469 e. The molecule has 0 bridgehead atoms. The summed E-state index contributed by atoms with van der Waals surface area (Å²) < 4.78 is 9.33. The normalized spacial score (nSPS) is 27.7. The fourth-order valence-corrected chi connectivity index (χ4v) is 2.19. The van der Waals surface area contributed by atoms with Gasteiger partial charge in [-0.1, -0.05) is 13.8 Å². The van der Waals surface area contributed by atoms with E-state index in [4.69, 9.17) is 4.74 Å². The average molecular weight is 214 g/mol. The van der Waals surface area contributed by atoms with Crippen LogP contribution in [0.15, 0.2) is 0 Å². The van der Waals surface area contributed by atoms with E-state index in [-0.39, 0.29) is 29.2 Å². The Hall–Kier alpha value is -1.06. The molecule has 2 atom stereocenters.